The first kappa shape index (κ1) is 19.4. The van der Waals surface area contributed by atoms with E-state index >= 15 is 0 Å². The van der Waals surface area contributed by atoms with Crippen LogP contribution in [0, 0.1) is 0 Å². The fourth-order valence-corrected chi connectivity index (χ4v) is 4.13. The topological polar surface area (TPSA) is 101 Å². The molecule has 0 aliphatic carbocycles. The summed E-state index contributed by atoms with van der Waals surface area (Å²) in [6, 6.07) is 7.79. The van der Waals surface area contributed by atoms with E-state index in [2.05, 4.69) is 10.4 Å². The van der Waals surface area contributed by atoms with Gasteiger partial charge in [0.15, 0.2) is 15.5 Å². The number of amides is 2. The number of sulfone groups is 1. The van der Waals surface area contributed by atoms with Crippen LogP contribution < -0.4 is 5.32 Å². The maximum absolute atomic E-state index is 12.4. The van der Waals surface area contributed by atoms with E-state index in [9.17, 15) is 18.0 Å². The normalized spacial score (nSPS) is 17.3. The van der Waals surface area contributed by atoms with Crippen molar-refractivity contribution in [3.05, 3.63) is 47.2 Å². The monoisotopic (exact) mass is 410 g/mol. The van der Waals surface area contributed by atoms with E-state index in [4.69, 9.17) is 11.6 Å². The van der Waals surface area contributed by atoms with Gasteiger partial charge in [0.05, 0.1) is 17.2 Å². The molecule has 1 aliphatic heterocycles. The number of nitrogens with zero attached hydrogens (tertiary/aromatic N) is 3. The van der Waals surface area contributed by atoms with E-state index in [-0.39, 0.29) is 36.2 Å². The van der Waals surface area contributed by atoms with E-state index in [0.29, 0.717) is 10.7 Å². The fraction of sp³-hybridized carbons (Fsp3) is 0.353. The van der Waals surface area contributed by atoms with E-state index in [0.717, 1.165) is 0 Å². The zero-order valence-corrected chi connectivity index (χ0v) is 16.2. The molecule has 0 spiro atoms. The van der Waals surface area contributed by atoms with Crippen molar-refractivity contribution in [1.82, 2.24) is 20.0 Å². The summed E-state index contributed by atoms with van der Waals surface area (Å²) in [5.74, 6) is -0.902. The van der Waals surface area contributed by atoms with Crippen molar-refractivity contribution in [1.29, 1.82) is 0 Å². The van der Waals surface area contributed by atoms with Crippen LogP contribution in [0.2, 0.25) is 5.02 Å². The van der Waals surface area contributed by atoms with Crippen molar-refractivity contribution in [2.45, 2.75) is 13.0 Å². The lowest BCUT2D eigenvalue weighted by molar-refractivity contribution is -0.132. The zero-order valence-electron chi connectivity index (χ0n) is 14.6. The van der Waals surface area contributed by atoms with Crippen LogP contribution in [0.3, 0.4) is 0 Å². The Balaban J connectivity index is 1.62. The van der Waals surface area contributed by atoms with Crippen LogP contribution in [0.15, 0.2) is 36.5 Å². The highest BCUT2D eigenvalue weighted by molar-refractivity contribution is 7.91. The Kier molecular flexibility index (Phi) is 5.52. The minimum atomic E-state index is -3.07. The molecule has 10 heteroatoms. The quantitative estimate of drug-likeness (QED) is 0.806. The van der Waals surface area contributed by atoms with Gasteiger partial charge in [-0.1, -0.05) is 17.7 Å². The number of carbonyl (C=O) groups excluding carboxylic acids is 2. The molecule has 0 radical (unpaired) electrons. The number of hydrogen-bond acceptors (Lipinski definition) is 5. The summed E-state index contributed by atoms with van der Waals surface area (Å²) in [5, 5.41) is 7.37. The van der Waals surface area contributed by atoms with Gasteiger partial charge in [-0.15, -0.1) is 0 Å². The standard InChI is InChI=1S/C17H19ClN4O4S/c1-12(17(24)21-7-9-27(25,26)10-8-21)19-16(23)15-5-6-22(20-15)14-4-2-3-13(18)11-14/h2-6,11-12H,7-10H2,1H3,(H,19,23). The van der Waals surface area contributed by atoms with Crippen LogP contribution in [0.25, 0.3) is 5.69 Å². The summed E-state index contributed by atoms with van der Waals surface area (Å²) in [5.41, 5.74) is 0.871. The second-order valence-corrected chi connectivity index (χ2v) is 9.04. The number of hydrogen-bond donors (Lipinski definition) is 1. The third kappa shape index (κ3) is 4.67. The van der Waals surface area contributed by atoms with Crippen molar-refractivity contribution >= 4 is 33.3 Å². The van der Waals surface area contributed by atoms with Gasteiger partial charge in [-0.05, 0) is 31.2 Å². The fourth-order valence-electron chi connectivity index (χ4n) is 2.75. The lowest BCUT2D eigenvalue weighted by atomic mass is 10.2. The molecule has 1 N–H and O–H groups in total. The van der Waals surface area contributed by atoms with Crippen LogP contribution in [0.5, 0.6) is 0 Å². The lowest BCUT2D eigenvalue weighted by Gasteiger charge is -2.29. The Bertz CT molecular complexity index is 959. The number of nitrogens with one attached hydrogen (secondary N) is 1. The molecule has 2 amide bonds. The van der Waals surface area contributed by atoms with Gasteiger partial charge in [-0.2, -0.15) is 5.10 Å². The highest BCUT2D eigenvalue weighted by atomic mass is 35.5. The smallest absolute Gasteiger partial charge is 0.272 e. The predicted molar refractivity (Wildman–Crippen MR) is 101 cm³/mol. The Hall–Kier alpha value is -2.39. The van der Waals surface area contributed by atoms with Crippen molar-refractivity contribution < 1.29 is 18.0 Å². The molecule has 1 aromatic carbocycles. The second kappa shape index (κ2) is 7.69. The highest BCUT2D eigenvalue weighted by Gasteiger charge is 2.28. The average molecular weight is 411 g/mol. The Morgan fingerprint density at radius 1 is 1.22 bits per heavy atom. The van der Waals surface area contributed by atoms with Crippen molar-refractivity contribution in [3.63, 3.8) is 0 Å². The molecule has 2 heterocycles. The Labute approximate surface area is 162 Å². The molecular weight excluding hydrogens is 392 g/mol. The van der Waals surface area contributed by atoms with Gasteiger partial charge in [0.2, 0.25) is 5.91 Å². The first-order chi connectivity index (χ1) is 12.7. The summed E-state index contributed by atoms with van der Waals surface area (Å²) in [4.78, 5) is 26.2. The van der Waals surface area contributed by atoms with Gasteiger partial charge in [-0.25, -0.2) is 13.1 Å². The summed E-state index contributed by atoms with van der Waals surface area (Å²) >= 11 is 5.96. The summed E-state index contributed by atoms with van der Waals surface area (Å²) in [6.45, 7) is 1.85. The van der Waals surface area contributed by atoms with Gasteiger partial charge in [0, 0.05) is 24.3 Å². The largest absolute Gasteiger partial charge is 0.339 e. The maximum Gasteiger partial charge on any atom is 0.272 e. The molecule has 1 atom stereocenters. The Morgan fingerprint density at radius 2 is 1.93 bits per heavy atom. The molecule has 1 fully saturated rings. The Morgan fingerprint density at radius 3 is 2.59 bits per heavy atom. The molecule has 1 aromatic heterocycles. The van der Waals surface area contributed by atoms with E-state index in [1.165, 1.54) is 9.58 Å². The summed E-state index contributed by atoms with van der Waals surface area (Å²) < 4.78 is 24.4. The van der Waals surface area contributed by atoms with Crippen LogP contribution in [0.1, 0.15) is 17.4 Å². The molecule has 27 heavy (non-hydrogen) atoms. The second-order valence-electron chi connectivity index (χ2n) is 6.30. The molecule has 144 valence electrons. The lowest BCUT2D eigenvalue weighted by Crippen LogP contribution is -2.51. The van der Waals surface area contributed by atoms with E-state index in [1.54, 1.807) is 43.5 Å². The van der Waals surface area contributed by atoms with Crippen LogP contribution in [-0.4, -0.2) is 65.5 Å². The zero-order chi connectivity index (χ0) is 19.6. The highest BCUT2D eigenvalue weighted by Crippen LogP contribution is 2.14. The first-order valence-corrected chi connectivity index (χ1v) is 10.6. The van der Waals surface area contributed by atoms with Gasteiger partial charge < -0.3 is 10.2 Å². The van der Waals surface area contributed by atoms with Crippen molar-refractivity contribution in [2.24, 2.45) is 0 Å². The molecule has 0 saturated carbocycles. The van der Waals surface area contributed by atoms with Crippen molar-refractivity contribution in [3.8, 4) is 5.69 Å². The summed E-state index contributed by atoms with van der Waals surface area (Å²) in [6.07, 6.45) is 1.63. The minimum absolute atomic E-state index is 0.0521. The van der Waals surface area contributed by atoms with Gasteiger partial charge in [-0.3, -0.25) is 9.59 Å². The number of halogens is 1. The van der Waals surface area contributed by atoms with E-state index < -0.39 is 21.8 Å². The maximum atomic E-state index is 12.4. The van der Waals surface area contributed by atoms with Crippen LogP contribution >= 0.6 is 11.6 Å². The minimum Gasteiger partial charge on any atom is -0.339 e. The van der Waals surface area contributed by atoms with Crippen LogP contribution in [0.4, 0.5) is 0 Å². The number of carbonyl (C=O) groups is 2. The van der Waals surface area contributed by atoms with Gasteiger partial charge in [0.25, 0.3) is 5.91 Å². The van der Waals surface area contributed by atoms with Crippen molar-refractivity contribution in [2.75, 3.05) is 24.6 Å². The third-order valence-corrected chi connectivity index (χ3v) is 6.11. The molecule has 2 aromatic rings. The van der Waals surface area contributed by atoms with E-state index in [1.807, 2.05) is 0 Å². The first-order valence-electron chi connectivity index (χ1n) is 8.37. The molecule has 0 bridgehead atoms. The summed E-state index contributed by atoms with van der Waals surface area (Å²) in [7, 11) is -3.07. The predicted octanol–water partition coefficient (Wildman–Crippen LogP) is 0.901. The molecule has 1 unspecified atom stereocenters. The number of rotatable bonds is 4. The number of aromatic nitrogens is 2. The third-order valence-electron chi connectivity index (χ3n) is 4.27. The molecule has 1 saturated heterocycles. The average Bonchev–Trinajstić information content (AvgIpc) is 3.11. The van der Waals surface area contributed by atoms with Gasteiger partial charge >= 0.3 is 0 Å². The number of benzene rings is 1. The van der Waals surface area contributed by atoms with Crippen LogP contribution in [-0.2, 0) is 14.6 Å². The molecule has 3 rings (SSSR count). The van der Waals surface area contributed by atoms with Gasteiger partial charge in [0.1, 0.15) is 6.04 Å². The molecular formula is C17H19ClN4O4S. The molecule has 1 aliphatic rings. The SMILES string of the molecule is CC(NC(=O)c1ccn(-c2cccc(Cl)c2)n1)C(=O)N1CCS(=O)(=O)CC1. The molecule has 8 nitrogen and oxygen atoms in total.